The van der Waals surface area contributed by atoms with Crippen LogP contribution in [0, 0.1) is 0 Å². The van der Waals surface area contributed by atoms with E-state index in [9.17, 15) is 0 Å². The van der Waals surface area contributed by atoms with E-state index < -0.39 is 0 Å². The predicted molar refractivity (Wildman–Crippen MR) is 115 cm³/mol. The topological polar surface area (TPSA) is 120 Å². The SMILES string of the molecule is CC(N)CNc1nc(Nc2cccc(N)c2)c2nnc(C(C)C)c-2n1C(C)C. The fourth-order valence-electron chi connectivity index (χ4n) is 3.14. The Kier molecular flexibility index (Phi) is 5.69. The first-order valence-corrected chi connectivity index (χ1v) is 9.68. The van der Waals surface area contributed by atoms with Crippen LogP contribution in [0.15, 0.2) is 24.3 Å². The number of nitrogens with one attached hydrogen (secondary N) is 2. The van der Waals surface area contributed by atoms with Crippen LogP contribution < -0.4 is 22.1 Å². The molecule has 2 heterocycles. The highest BCUT2D eigenvalue weighted by molar-refractivity contribution is 5.78. The molecule has 2 aliphatic rings. The molecule has 0 radical (unpaired) electrons. The maximum Gasteiger partial charge on any atom is 0.205 e. The molecule has 1 aromatic rings. The quantitative estimate of drug-likeness (QED) is 0.461. The number of benzene rings is 1. The number of aromatic nitrogens is 4. The Labute approximate surface area is 166 Å². The predicted octanol–water partition coefficient (Wildman–Crippen LogP) is 3.57. The van der Waals surface area contributed by atoms with Crippen molar-refractivity contribution in [2.24, 2.45) is 5.73 Å². The summed E-state index contributed by atoms with van der Waals surface area (Å²) >= 11 is 0. The minimum Gasteiger partial charge on any atom is -0.399 e. The van der Waals surface area contributed by atoms with Gasteiger partial charge in [0.2, 0.25) is 5.95 Å². The molecule has 0 spiro atoms. The van der Waals surface area contributed by atoms with Gasteiger partial charge in [-0.05, 0) is 44.9 Å². The zero-order valence-corrected chi connectivity index (χ0v) is 17.2. The van der Waals surface area contributed by atoms with Crippen LogP contribution in [0.4, 0.5) is 23.1 Å². The molecule has 0 aromatic heterocycles. The molecule has 0 aliphatic carbocycles. The number of rotatable bonds is 7. The monoisotopic (exact) mass is 382 g/mol. The minimum absolute atomic E-state index is 0.00363. The van der Waals surface area contributed by atoms with Crippen molar-refractivity contribution in [3.8, 4) is 11.4 Å². The third-order valence-corrected chi connectivity index (χ3v) is 4.43. The molecule has 3 rings (SSSR count). The van der Waals surface area contributed by atoms with Crippen molar-refractivity contribution >= 4 is 23.1 Å². The average Bonchev–Trinajstić information content (AvgIpc) is 3.04. The molecule has 0 saturated heterocycles. The summed E-state index contributed by atoms with van der Waals surface area (Å²) in [6.07, 6.45) is 0. The summed E-state index contributed by atoms with van der Waals surface area (Å²) in [6.45, 7) is 11.1. The number of anilines is 4. The Morgan fingerprint density at radius 2 is 1.86 bits per heavy atom. The first-order valence-electron chi connectivity index (χ1n) is 9.68. The number of nitrogens with zero attached hydrogens (tertiary/aromatic N) is 4. The Hall–Kier alpha value is -2.87. The molecule has 8 heteroatoms. The summed E-state index contributed by atoms with van der Waals surface area (Å²) in [7, 11) is 0. The minimum atomic E-state index is 0.00363. The maximum atomic E-state index is 5.96. The van der Waals surface area contributed by atoms with Gasteiger partial charge in [-0.3, -0.25) is 0 Å². The van der Waals surface area contributed by atoms with Gasteiger partial charge >= 0.3 is 0 Å². The van der Waals surface area contributed by atoms with Crippen molar-refractivity contribution in [3.05, 3.63) is 30.0 Å². The van der Waals surface area contributed by atoms with Crippen LogP contribution >= 0.6 is 0 Å². The lowest BCUT2D eigenvalue weighted by atomic mass is 10.1. The molecule has 0 bridgehead atoms. The molecule has 1 aromatic carbocycles. The van der Waals surface area contributed by atoms with E-state index in [1.165, 1.54) is 0 Å². The number of nitrogen functional groups attached to an aromatic ring is 1. The van der Waals surface area contributed by atoms with E-state index in [-0.39, 0.29) is 18.0 Å². The van der Waals surface area contributed by atoms with E-state index in [1.54, 1.807) is 0 Å². The normalized spacial score (nSPS) is 12.7. The summed E-state index contributed by atoms with van der Waals surface area (Å²) in [5.74, 6) is 1.62. The Balaban J connectivity index is 2.17. The molecule has 0 amide bonds. The lowest BCUT2D eigenvalue weighted by Crippen LogP contribution is -2.28. The number of hydrogen-bond acceptors (Lipinski definition) is 7. The highest BCUT2D eigenvalue weighted by Crippen LogP contribution is 2.38. The Morgan fingerprint density at radius 1 is 1.11 bits per heavy atom. The summed E-state index contributed by atoms with van der Waals surface area (Å²) in [5.41, 5.74) is 16.1. The lowest BCUT2D eigenvalue weighted by Gasteiger charge is -2.25. The van der Waals surface area contributed by atoms with E-state index in [1.807, 2.05) is 31.2 Å². The summed E-state index contributed by atoms with van der Waals surface area (Å²) in [4.78, 5) is 4.83. The van der Waals surface area contributed by atoms with Gasteiger partial charge in [-0.15, -0.1) is 5.10 Å². The van der Waals surface area contributed by atoms with Crippen molar-refractivity contribution in [3.63, 3.8) is 0 Å². The third-order valence-electron chi connectivity index (χ3n) is 4.43. The second kappa shape index (κ2) is 8.02. The summed E-state index contributed by atoms with van der Waals surface area (Å²) in [6, 6.07) is 7.74. The van der Waals surface area contributed by atoms with Crippen molar-refractivity contribution in [2.45, 2.75) is 52.6 Å². The number of hydrogen-bond donors (Lipinski definition) is 4. The van der Waals surface area contributed by atoms with Gasteiger partial charge in [-0.25, -0.2) is 0 Å². The van der Waals surface area contributed by atoms with Crippen molar-refractivity contribution in [1.29, 1.82) is 0 Å². The standard InChI is InChI=1S/C20H30N8/c1-11(2)16-18-17(27-26-16)19(24-15-8-6-7-14(22)9-15)25-20(23-10-13(5)21)28(18)12(3)4/h6-9,11-13,24H,10,21-22H2,1-5H3,(H,23,25). The molecule has 28 heavy (non-hydrogen) atoms. The van der Waals surface area contributed by atoms with Crippen LogP contribution in [0.1, 0.15) is 52.3 Å². The largest absolute Gasteiger partial charge is 0.399 e. The number of fused-ring (bicyclic) bond motifs is 1. The van der Waals surface area contributed by atoms with Crippen molar-refractivity contribution < 1.29 is 0 Å². The molecule has 1 atom stereocenters. The van der Waals surface area contributed by atoms with Gasteiger partial charge in [0.1, 0.15) is 0 Å². The fraction of sp³-hybridized carbons (Fsp3) is 0.450. The van der Waals surface area contributed by atoms with Crippen molar-refractivity contribution in [2.75, 3.05) is 22.9 Å². The van der Waals surface area contributed by atoms with Crippen molar-refractivity contribution in [1.82, 2.24) is 19.7 Å². The van der Waals surface area contributed by atoms with Crippen LogP contribution in [0.25, 0.3) is 11.4 Å². The van der Waals surface area contributed by atoms with E-state index in [4.69, 9.17) is 16.5 Å². The van der Waals surface area contributed by atoms with Gasteiger partial charge in [0.05, 0.1) is 11.4 Å². The molecule has 2 aliphatic heterocycles. The molecular formula is C20H30N8. The lowest BCUT2D eigenvalue weighted by molar-refractivity contribution is 0.591. The van der Waals surface area contributed by atoms with Crippen LogP contribution in [-0.2, 0) is 0 Å². The van der Waals surface area contributed by atoms with Crippen LogP contribution in [0.2, 0.25) is 0 Å². The molecule has 8 nitrogen and oxygen atoms in total. The van der Waals surface area contributed by atoms with Crippen LogP contribution in [0.5, 0.6) is 0 Å². The van der Waals surface area contributed by atoms with Gasteiger partial charge in [0, 0.05) is 30.0 Å². The highest BCUT2D eigenvalue weighted by atomic mass is 15.3. The third kappa shape index (κ3) is 4.01. The van der Waals surface area contributed by atoms with Gasteiger partial charge in [-0.2, -0.15) is 10.1 Å². The molecule has 1 unspecified atom stereocenters. The Morgan fingerprint density at radius 3 is 2.46 bits per heavy atom. The first kappa shape index (κ1) is 19.9. The second-order valence-corrected chi connectivity index (χ2v) is 7.79. The maximum absolute atomic E-state index is 5.96. The van der Waals surface area contributed by atoms with E-state index in [0.29, 0.717) is 18.1 Å². The molecule has 0 fully saturated rings. The molecular weight excluding hydrogens is 352 g/mol. The molecule has 0 saturated carbocycles. The van der Waals surface area contributed by atoms with E-state index in [0.717, 1.165) is 28.7 Å². The highest BCUT2D eigenvalue weighted by Gasteiger charge is 2.28. The zero-order chi connectivity index (χ0) is 20.4. The van der Waals surface area contributed by atoms with E-state index in [2.05, 4.69) is 53.1 Å². The van der Waals surface area contributed by atoms with Crippen LogP contribution in [-0.4, -0.2) is 32.3 Å². The fourth-order valence-corrected chi connectivity index (χ4v) is 3.14. The average molecular weight is 383 g/mol. The van der Waals surface area contributed by atoms with Crippen LogP contribution in [0.3, 0.4) is 0 Å². The smallest absolute Gasteiger partial charge is 0.205 e. The molecule has 150 valence electrons. The first-order chi connectivity index (χ1) is 13.3. The van der Waals surface area contributed by atoms with Gasteiger partial charge in [-0.1, -0.05) is 19.9 Å². The second-order valence-electron chi connectivity index (χ2n) is 7.79. The van der Waals surface area contributed by atoms with Gasteiger partial charge < -0.3 is 26.7 Å². The van der Waals surface area contributed by atoms with Gasteiger partial charge in [0.15, 0.2) is 11.5 Å². The van der Waals surface area contributed by atoms with Gasteiger partial charge in [0.25, 0.3) is 0 Å². The zero-order valence-electron chi connectivity index (χ0n) is 17.2. The van der Waals surface area contributed by atoms with E-state index >= 15 is 0 Å². The Bertz CT molecular complexity index is 913. The molecule has 6 N–H and O–H groups in total. The summed E-state index contributed by atoms with van der Waals surface area (Å²) < 4.78 is 2.15. The number of nitrogens with two attached hydrogens (primary N) is 2. The summed E-state index contributed by atoms with van der Waals surface area (Å²) in [5, 5.41) is 15.7.